The number of sulfonamides is 1. The summed E-state index contributed by atoms with van der Waals surface area (Å²) in [6.07, 6.45) is 4.17. The molecule has 1 aliphatic rings. The smallest absolute Gasteiger partial charge is 0.212 e. The van der Waals surface area contributed by atoms with Crippen LogP contribution < -0.4 is 9.46 Å². The number of benzene rings is 1. The molecule has 1 aromatic rings. The summed E-state index contributed by atoms with van der Waals surface area (Å²) < 4.78 is 32.9. The first-order valence-corrected chi connectivity index (χ1v) is 9.34. The second-order valence-electron chi connectivity index (χ2n) is 5.56. The summed E-state index contributed by atoms with van der Waals surface area (Å²) in [5.41, 5.74) is 0. The standard InChI is InChI=1S/C16H22N2O3S/c17-12-6-7-13-22(19,20)18-15-10-4-5-11-16(15)21-14-8-2-1-3-9-14/h1-3,8-9,15-16,18H,4-7,10-11,13H2/t15-,16-/m1/s1. The van der Waals surface area contributed by atoms with Gasteiger partial charge in [-0.25, -0.2) is 13.1 Å². The van der Waals surface area contributed by atoms with E-state index in [2.05, 4.69) is 4.72 Å². The number of hydrogen-bond acceptors (Lipinski definition) is 4. The Kier molecular flexibility index (Phi) is 6.22. The van der Waals surface area contributed by atoms with Crippen molar-refractivity contribution >= 4 is 10.0 Å². The van der Waals surface area contributed by atoms with E-state index in [4.69, 9.17) is 10.00 Å². The molecule has 22 heavy (non-hydrogen) atoms. The van der Waals surface area contributed by atoms with Crippen LogP contribution in [0.2, 0.25) is 0 Å². The molecule has 1 saturated carbocycles. The first-order chi connectivity index (χ1) is 10.6. The summed E-state index contributed by atoms with van der Waals surface area (Å²) in [6.45, 7) is 0. The van der Waals surface area contributed by atoms with Gasteiger partial charge in [0.15, 0.2) is 0 Å². The third-order valence-electron chi connectivity index (χ3n) is 3.77. The summed E-state index contributed by atoms with van der Waals surface area (Å²) in [6, 6.07) is 11.3. The van der Waals surface area contributed by atoms with Crippen molar-refractivity contribution in [2.24, 2.45) is 0 Å². The Bertz CT molecular complexity index is 596. The number of hydrogen-bond donors (Lipinski definition) is 1. The molecular formula is C16H22N2O3S. The number of unbranched alkanes of at least 4 members (excludes halogenated alkanes) is 1. The fourth-order valence-corrected chi connectivity index (χ4v) is 4.05. The van der Waals surface area contributed by atoms with Crippen LogP contribution in [0.5, 0.6) is 5.75 Å². The molecule has 0 bridgehead atoms. The fourth-order valence-electron chi connectivity index (χ4n) is 2.68. The lowest BCUT2D eigenvalue weighted by atomic mass is 9.93. The molecule has 1 aromatic carbocycles. The quantitative estimate of drug-likeness (QED) is 0.783. The van der Waals surface area contributed by atoms with E-state index in [9.17, 15) is 8.42 Å². The summed E-state index contributed by atoms with van der Waals surface area (Å²) in [5, 5.41) is 8.51. The monoisotopic (exact) mass is 322 g/mol. The molecule has 0 spiro atoms. The third-order valence-corrected chi connectivity index (χ3v) is 5.25. The minimum Gasteiger partial charge on any atom is -0.489 e. The molecule has 2 rings (SSSR count). The molecule has 1 N–H and O–H groups in total. The van der Waals surface area contributed by atoms with Gasteiger partial charge >= 0.3 is 0 Å². The second kappa shape index (κ2) is 8.16. The van der Waals surface area contributed by atoms with Crippen molar-refractivity contribution in [3.8, 4) is 11.8 Å². The highest BCUT2D eigenvalue weighted by Gasteiger charge is 2.30. The Morgan fingerprint density at radius 3 is 2.68 bits per heavy atom. The zero-order chi connectivity index (χ0) is 15.8. The Balaban J connectivity index is 1.96. The van der Waals surface area contributed by atoms with Crippen LogP contribution in [0.1, 0.15) is 38.5 Å². The van der Waals surface area contributed by atoms with E-state index in [1.165, 1.54) is 0 Å². The van der Waals surface area contributed by atoms with Crippen LogP contribution in [0.15, 0.2) is 30.3 Å². The molecule has 120 valence electrons. The number of nitrogens with one attached hydrogen (secondary N) is 1. The highest BCUT2D eigenvalue weighted by Crippen LogP contribution is 2.24. The zero-order valence-corrected chi connectivity index (χ0v) is 13.4. The molecular weight excluding hydrogens is 300 g/mol. The van der Waals surface area contributed by atoms with Crippen molar-refractivity contribution in [2.75, 3.05) is 5.75 Å². The van der Waals surface area contributed by atoms with Crippen LogP contribution in [0.3, 0.4) is 0 Å². The van der Waals surface area contributed by atoms with Gasteiger partial charge < -0.3 is 4.74 Å². The molecule has 1 fully saturated rings. The summed E-state index contributed by atoms with van der Waals surface area (Å²) in [5.74, 6) is 0.762. The minimum absolute atomic E-state index is 0.00484. The van der Waals surface area contributed by atoms with Crippen LogP contribution in [-0.2, 0) is 10.0 Å². The van der Waals surface area contributed by atoms with Gasteiger partial charge in [0.1, 0.15) is 11.9 Å². The van der Waals surface area contributed by atoms with E-state index in [1.54, 1.807) is 0 Å². The molecule has 0 amide bonds. The number of rotatable bonds is 7. The van der Waals surface area contributed by atoms with Crippen molar-refractivity contribution < 1.29 is 13.2 Å². The molecule has 0 aromatic heterocycles. The van der Waals surface area contributed by atoms with Gasteiger partial charge in [-0.15, -0.1) is 0 Å². The van der Waals surface area contributed by atoms with Gasteiger partial charge in [0.2, 0.25) is 10.0 Å². The van der Waals surface area contributed by atoms with Gasteiger partial charge in [-0.3, -0.25) is 0 Å². The van der Waals surface area contributed by atoms with E-state index in [0.29, 0.717) is 6.42 Å². The van der Waals surface area contributed by atoms with Crippen molar-refractivity contribution in [3.63, 3.8) is 0 Å². The van der Waals surface area contributed by atoms with Gasteiger partial charge in [0.25, 0.3) is 0 Å². The summed E-state index contributed by atoms with van der Waals surface area (Å²) >= 11 is 0. The zero-order valence-electron chi connectivity index (χ0n) is 12.6. The van der Waals surface area contributed by atoms with Gasteiger partial charge in [0, 0.05) is 6.42 Å². The first-order valence-electron chi connectivity index (χ1n) is 7.69. The highest BCUT2D eigenvalue weighted by molar-refractivity contribution is 7.89. The Labute approximate surface area is 132 Å². The van der Waals surface area contributed by atoms with E-state index < -0.39 is 10.0 Å². The maximum Gasteiger partial charge on any atom is 0.212 e. The molecule has 5 nitrogen and oxygen atoms in total. The summed E-state index contributed by atoms with van der Waals surface area (Å²) in [4.78, 5) is 0. The molecule has 6 heteroatoms. The number of nitriles is 1. The number of ether oxygens (including phenoxy) is 1. The van der Waals surface area contributed by atoms with Crippen molar-refractivity contribution in [1.29, 1.82) is 5.26 Å². The van der Waals surface area contributed by atoms with Crippen molar-refractivity contribution in [2.45, 2.75) is 50.7 Å². The molecule has 0 radical (unpaired) electrons. The van der Waals surface area contributed by atoms with Crippen molar-refractivity contribution in [1.82, 2.24) is 4.72 Å². The van der Waals surface area contributed by atoms with E-state index in [-0.39, 0.29) is 24.3 Å². The van der Waals surface area contributed by atoms with E-state index in [0.717, 1.165) is 31.4 Å². The maximum atomic E-state index is 12.1. The first kappa shape index (κ1) is 16.8. The van der Waals surface area contributed by atoms with Crippen LogP contribution in [0, 0.1) is 11.3 Å². The van der Waals surface area contributed by atoms with Crippen LogP contribution >= 0.6 is 0 Å². The van der Waals surface area contributed by atoms with Gasteiger partial charge in [-0.05, 0) is 37.8 Å². The molecule has 0 aliphatic heterocycles. The molecule has 0 heterocycles. The predicted octanol–water partition coefficient (Wildman–Crippen LogP) is 2.60. The highest BCUT2D eigenvalue weighted by atomic mass is 32.2. The average molecular weight is 322 g/mol. The van der Waals surface area contributed by atoms with Crippen molar-refractivity contribution in [3.05, 3.63) is 30.3 Å². The normalized spacial score (nSPS) is 22.0. The lowest BCUT2D eigenvalue weighted by Crippen LogP contribution is -2.48. The van der Waals surface area contributed by atoms with Gasteiger partial charge in [-0.1, -0.05) is 24.6 Å². The van der Waals surface area contributed by atoms with Crippen LogP contribution in [0.4, 0.5) is 0 Å². The lowest BCUT2D eigenvalue weighted by Gasteiger charge is -2.32. The third kappa shape index (κ3) is 5.32. The Morgan fingerprint density at radius 2 is 1.95 bits per heavy atom. The Hall–Kier alpha value is -1.58. The minimum atomic E-state index is -3.36. The Morgan fingerprint density at radius 1 is 1.23 bits per heavy atom. The molecule has 2 atom stereocenters. The number of nitrogens with zero attached hydrogens (tertiary/aromatic N) is 1. The fraction of sp³-hybridized carbons (Fsp3) is 0.562. The van der Waals surface area contributed by atoms with Gasteiger partial charge in [-0.2, -0.15) is 5.26 Å². The molecule has 0 saturated heterocycles. The van der Waals surface area contributed by atoms with E-state index in [1.807, 2.05) is 36.4 Å². The van der Waals surface area contributed by atoms with Crippen LogP contribution in [-0.4, -0.2) is 26.3 Å². The SMILES string of the molecule is N#CCCCS(=O)(=O)N[C@@H]1CCCC[C@H]1Oc1ccccc1. The maximum absolute atomic E-state index is 12.1. The molecule has 1 aliphatic carbocycles. The van der Waals surface area contributed by atoms with Crippen LogP contribution in [0.25, 0.3) is 0 Å². The largest absolute Gasteiger partial charge is 0.489 e. The topological polar surface area (TPSA) is 79.2 Å². The van der Waals surface area contributed by atoms with E-state index >= 15 is 0 Å². The second-order valence-corrected chi connectivity index (χ2v) is 7.43. The predicted molar refractivity (Wildman–Crippen MR) is 84.9 cm³/mol. The number of para-hydroxylation sites is 1. The average Bonchev–Trinajstić information content (AvgIpc) is 2.50. The molecule has 0 unspecified atom stereocenters. The summed E-state index contributed by atoms with van der Waals surface area (Å²) in [7, 11) is -3.36. The lowest BCUT2D eigenvalue weighted by molar-refractivity contribution is 0.125. The van der Waals surface area contributed by atoms with Gasteiger partial charge in [0.05, 0.1) is 17.9 Å².